The van der Waals surface area contributed by atoms with E-state index < -0.39 is 22.8 Å². The molecule has 0 aromatic heterocycles. The summed E-state index contributed by atoms with van der Waals surface area (Å²) in [5, 5.41) is 24.9. The standard InChI is InChI=1S/C14H19N3O5/c1-9(2)7-11(14(19)20)16-13(18)8-15-10-5-3-4-6-12(10)17(21)22/h3-6,9,11,15H,7-8H2,1-2H3,(H,16,18)(H,19,20)/t11-/m1/s1. The van der Waals surface area contributed by atoms with E-state index in [1.54, 1.807) is 6.07 Å². The molecular formula is C14H19N3O5. The fraction of sp³-hybridized carbons (Fsp3) is 0.429. The minimum Gasteiger partial charge on any atom is -0.480 e. The van der Waals surface area contributed by atoms with Gasteiger partial charge < -0.3 is 15.7 Å². The number of amides is 1. The first-order valence-corrected chi connectivity index (χ1v) is 6.80. The summed E-state index contributed by atoms with van der Waals surface area (Å²) in [6.45, 7) is 3.47. The normalized spacial score (nSPS) is 11.8. The minimum absolute atomic E-state index is 0.115. The molecule has 0 aliphatic carbocycles. The van der Waals surface area contributed by atoms with Crippen molar-refractivity contribution in [1.82, 2.24) is 5.32 Å². The molecule has 120 valence electrons. The van der Waals surface area contributed by atoms with Crippen molar-refractivity contribution in [3.05, 3.63) is 34.4 Å². The van der Waals surface area contributed by atoms with Crippen LogP contribution >= 0.6 is 0 Å². The highest BCUT2D eigenvalue weighted by atomic mass is 16.6. The van der Waals surface area contributed by atoms with Gasteiger partial charge in [0.2, 0.25) is 5.91 Å². The van der Waals surface area contributed by atoms with Gasteiger partial charge in [-0.2, -0.15) is 0 Å². The summed E-state index contributed by atoms with van der Waals surface area (Å²) in [6, 6.07) is 4.95. The number of carbonyl (C=O) groups is 2. The second-order valence-corrected chi connectivity index (χ2v) is 5.22. The SMILES string of the molecule is CC(C)C[C@@H](NC(=O)CNc1ccccc1[N+](=O)[O-])C(=O)O. The van der Waals surface area contributed by atoms with Crippen molar-refractivity contribution < 1.29 is 19.6 Å². The van der Waals surface area contributed by atoms with Crippen LogP contribution in [0.5, 0.6) is 0 Å². The average molecular weight is 309 g/mol. The van der Waals surface area contributed by atoms with Crippen LogP contribution in [0.2, 0.25) is 0 Å². The lowest BCUT2D eigenvalue weighted by Crippen LogP contribution is -2.44. The van der Waals surface area contributed by atoms with Crippen molar-refractivity contribution in [2.24, 2.45) is 5.92 Å². The highest BCUT2D eigenvalue weighted by Gasteiger charge is 2.21. The fourth-order valence-electron chi connectivity index (χ4n) is 1.90. The Bertz CT molecular complexity index is 559. The minimum atomic E-state index is -1.10. The van der Waals surface area contributed by atoms with Gasteiger partial charge in [-0.05, 0) is 18.4 Å². The zero-order valence-electron chi connectivity index (χ0n) is 12.4. The van der Waals surface area contributed by atoms with Gasteiger partial charge in [0.1, 0.15) is 11.7 Å². The largest absolute Gasteiger partial charge is 0.480 e. The zero-order valence-corrected chi connectivity index (χ0v) is 12.4. The monoisotopic (exact) mass is 309 g/mol. The molecule has 3 N–H and O–H groups in total. The Morgan fingerprint density at radius 2 is 1.95 bits per heavy atom. The van der Waals surface area contributed by atoms with Gasteiger partial charge in [-0.15, -0.1) is 0 Å². The molecule has 8 heteroatoms. The maximum Gasteiger partial charge on any atom is 0.326 e. The van der Waals surface area contributed by atoms with E-state index in [1.807, 2.05) is 13.8 Å². The third-order valence-corrected chi connectivity index (χ3v) is 2.88. The van der Waals surface area contributed by atoms with Crippen molar-refractivity contribution in [2.75, 3.05) is 11.9 Å². The highest BCUT2D eigenvalue weighted by molar-refractivity contribution is 5.86. The Morgan fingerprint density at radius 1 is 1.32 bits per heavy atom. The number of para-hydroxylation sites is 2. The molecule has 8 nitrogen and oxygen atoms in total. The highest BCUT2D eigenvalue weighted by Crippen LogP contribution is 2.22. The van der Waals surface area contributed by atoms with Crippen molar-refractivity contribution in [2.45, 2.75) is 26.3 Å². The molecule has 1 amide bonds. The van der Waals surface area contributed by atoms with Crippen LogP contribution in [0.25, 0.3) is 0 Å². The van der Waals surface area contributed by atoms with Gasteiger partial charge in [-0.25, -0.2) is 4.79 Å². The van der Waals surface area contributed by atoms with E-state index in [-0.39, 0.29) is 23.8 Å². The van der Waals surface area contributed by atoms with Crippen LogP contribution in [0.3, 0.4) is 0 Å². The third kappa shape index (κ3) is 5.39. The topological polar surface area (TPSA) is 122 Å². The summed E-state index contributed by atoms with van der Waals surface area (Å²) in [5.74, 6) is -1.52. The van der Waals surface area contributed by atoms with Crippen molar-refractivity contribution >= 4 is 23.3 Å². The molecular weight excluding hydrogens is 290 g/mol. The van der Waals surface area contributed by atoms with Crippen molar-refractivity contribution in [3.63, 3.8) is 0 Å². The lowest BCUT2D eigenvalue weighted by molar-refractivity contribution is -0.383. The second kappa shape index (κ2) is 7.96. The van der Waals surface area contributed by atoms with E-state index in [0.717, 1.165) is 0 Å². The zero-order chi connectivity index (χ0) is 16.7. The van der Waals surface area contributed by atoms with Gasteiger partial charge in [0.05, 0.1) is 11.5 Å². The summed E-state index contributed by atoms with van der Waals surface area (Å²) >= 11 is 0. The van der Waals surface area contributed by atoms with Crippen molar-refractivity contribution in [1.29, 1.82) is 0 Å². The number of anilines is 1. The van der Waals surface area contributed by atoms with E-state index >= 15 is 0 Å². The van der Waals surface area contributed by atoms with Gasteiger partial charge in [0.25, 0.3) is 5.69 Å². The van der Waals surface area contributed by atoms with E-state index in [4.69, 9.17) is 5.11 Å². The van der Waals surface area contributed by atoms with Gasteiger partial charge in [0, 0.05) is 6.07 Å². The number of nitrogens with zero attached hydrogens (tertiary/aromatic N) is 1. The number of carbonyl (C=O) groups excluding carboxylic acids is 1. The van der Waals surface area contributed by atoms with Crippen LogP contribution in [0.1, 0.15) is 20.3 Å². The van der Waals surface area contributed by atoms with E-state index in [9.17, 15) is 19.7 Å². The molecule has 0 radical (unpaired) electrons. The molecule has 0 aliphatic heterocycles. The maximum absolute atomic E-state index is 11.8. The van der Waals surface area contributed by atoms with Crippen LogP contribution in [0.15, 0.2) is 24.3 Å². The number of aliphatic carboxylic acids is 1. The van der Waals surface area contributed by atoms with Gasteiger partial charge in [-0.1, -0.05) is 26.0 Å². The first kappa shape index (κ1) is 17.4. The number of hydrogen-bond acceptors (Lipinski definition) is 5. The summed E-state index contributed by atoms with van der Waals surface area (Å²) in [5.41, 5.74) is 0.0608. The first-order chi connectivity index (χ1) is 10.3. The molecule has 0 heterocycles. The average Bonchev–Trinajstić information content (AvgIpc) is 2.44. The summed E-state index contributed by atoms with van der Waals surface area (Å²) in [6.07, 6.45) is 0.312. The predicted octanol–water partition coefficient (Wildman–Crippen LogP) is 1.62. The van der Waals surface area contributed by atoms with Gasteiger partial charge in [-0.3, -0.25) is 14.9 Å². The molecule has 1 rings (SSSR count). The van der Waals surface area contributed by atoms with Gasteiger partial charge in [0.15, 0.2) is 0 Å². The van der Waals surface area contributed by atoms with E-state index in [0.29, 0.717) is 6.42 Å². The molecule has 0 saturated carbocycles. The number of nitrogens with one attached hydrogen (secondary N) is 2. The lowest BCUT2D eigenvalue weighted by atomic mass is 10.0. The number of carboxylic acids is 1. The number of nitro groups is 1. The maximum atomic E-state index is 11.8. The number of carboxylic acid groups (broad SMARTS) is 1. The number of benzene rings is 1. The van der Waals surface area contributed by atoms with Crippen LogP contribution < -0.4 is 10.6 Å². The van der Waals surface area contributed by atoms with Crippen LogP contribution in [0, 0.1) is 16.0 Å². The Labute approximate surface area is 127 Å². The molecule has 0 bridgehead atoms. The summed E-state index contributed by atoms with van der Waals surface area (Å²) < 4.78 is 0. The molecule has 0 aliphatic rings. The fourth-order valence-corrected chi connectivity index (χ4v) is 1.90. The van der Waals surface area contributed by atoms with Crippen molar-refractivity contribution in [3.8, 4) is 0 Å². The predicted molar refractivity (Wildman–Crippen MR) is 80.6 cm³/mol. The number of nitro benzene ring substituents is 1. The third-order valence-electron chi connectivity index (χ3n) is 2.88. The quantitative estimate of drug-likeness (QED) is 0.495. The molecule has 0 unspecified atom stereocenters. The van der Waals surface area contributed by atoms with Crippen LogP contribution in [-0.2, 0) is 9.59 Å². The molecule has 0 saturated heterocycles. The first-order valence-electron chi connectivity index (χ1n) is 6.80. The molecule has 1 aromatic rings. The molecule has 1 atom stereocenters. The Morgan fingerprint density at radius 3 is 2.50 bits per heavy atom. The Balaban J connectivity index is 2.62. The molecule has 0 fully saturated rings. The van der Waals surface area contributed by atoms with Crippen LogP contribution in [0.4, 0.5) is 11.4 Å². The Hall–Kier alpha value is -2.64. The lowest BCUT2D eigenvalue weighted by Gasteiger charge is -2.16. The number of rotatable bonds is 8. The molecule has 1 aromatic carbocycles. The second-order valence-electron chi connectivity index (χ2n) is 5.22. The van der Waals surface area contributed by atoms with E-state index in [1.165, 1.54) is 18.2 Å². The summed E-state index contributed by atoms with van der Waals surface area (Å²) in [7, 11) is 0. The molecule has 22 heavy (non-hydrogen) atoms. The van der Waals surface area contributed by atoms with Crippen LogP contribution in [-0.4, -0.2) is 34.5 Å². The smallest absolute Gasteiger partial charge is 0.326 e. The Kier molecular flexibility index (Phi) is 6.30. The van der Waals surface area contributed by atoms with E-state index in [2.05, 4.69) is 10.6 Å². The number of hydrogen-bond donors (Lipinski definition) is 3. The summed E-state index contributed by atoms with van der Waals surface area (Å²) in [4.78, 5) is 33.1. The van der Waals surface area contributed by atoms with Gasteiger partial charge >= 0.3 is 5.97 Å². The molecule has 0 spiro atoms.